The Bertz CT molecular complexity index is 1350. The van der Waals surface area contributed by atoms with Gasteiger partial charge in [-0.3, -0.25) is 0 Å². The lowest BCUT2D eigenvalue weighted by Gasteiger charge is -2.17. The summed E-state index contributed by atoms with van der Waals surface area (Å²) >= 11 is 0. The van der Waals surface area contributed by atoms with E-state index < -0.39 is 0 Å². The highest BCUT2D eigenvalue weighted by atomic mass is 16.3. The standard InChI is InChI=1S/C25H22N4O/c1-15-7-5-8-16(2)22(15)19-11-17(3)24(18(4)12-19)29-25(26-13-28-29)20-9-6-10-21-23(20)27-14-30-21/h5-14H,1-4H3. The van der Waals surface area contributed by atoms with E-state index in [0.29, 0.717) is 0 Å². The first kappa shape index (κ1) is 18.3. The number of hydrogen-bond donors (Lipinski definition) is 0. The molecule has 0 saturated heterocycles. The Kier molecular flexibility index (Phi) is 4.24. The molecule has 0 saturated carbocycles. The number of hydrogen-bond acceptors (Lipinski definition) is 4. The predicted molar refractivity (Wildman–Crippen MR) is 119 cm³/mol. The van der Waals surface area contributed by atoms with Crippen LogP contribution in [0.2, 0.25) is 0 Å². The van der Waals surface area contributed by atoms with E-state index in [2.05, 4.69) is 73.1 Å². The Balaban J connectivity index is 1.69. The van der Waals surface area contributed by atoms with Crippen LogP contribution in [-0.2, 0) is 0 Å². The Morgan fingerprint density at radius 2 is 1.50 bits per heavy atom. The lowest BCUT2D eigenvalue weighted by molar-refractivity contribution is 0.602. The van der Waals surface area contributed by atoms with E-state index in [1.807, 2.05) is 22.9 Å². The van der Waals surface area contributed by atoms with Crippen molar-refractivity contribution in [2.75, 3.05) is 0 Å². The van der Waals surface area contributed by atoms with E-state index in [1.165, 1.54) is 28.6 Å². The molecule has 0 unspecified atom stereocenters. The second-order valence-electron chi connectivity index (χ2n) is 7.73. The molecule has 0 bridgehead atoms. The Morgan fingerprint density at radius 1 is 0.800 bits per heavy atom. The quantitative estimate of drug-likeness (QED) is 0.378. The summed E-state index contributed by atoms with van der Waals surface area (Å²) in [6.45, 7) is 8.58. The van der Waals surface area contributed by atoms with Crippen molar-refractivity contribution in [2.24, 2.45) is 0 Å². The number of aryl methyl sites for hydroxylation is 4. The van der Waals surface area contributed by atoms with Crippen molar-refractivity contribution in [3.63, 3.8) is 0 Å². The van der Waals surface area contributed by atoms with Crippen molar-refractivity contribution in [3.8, 4) is 28.2 Å². The molecule has 0 aliphatic heterocycles. The highest BCUT2D eigenvalue weighted by Gasteiger charge is 2.18. The van der Waals surface area contributed by atoms with Gasteiger partial charge in [0.1, 0.15) is 11.8 Å². The minimum atomic E-state index is 0.737. The summed E-state index contributed by atoms with van der Waals surface area (Å²) in [5.41, 5.74) is 10.8. The van der Waals surface area contributed by atoms with Crippen LogP contribution in [-0.4, -0.2) is 19.7 Å². The zero-order valence-electron chi connectivity index (χ0n) is 17.5. The molecule has 5 heteroatoms. The normalized spacial score (nSPS) is 11.3. The molecule has 148 valence electrons. The Labute approximate surface area is 175 Å². The summed E-state index contributed by atoms with van der Waals surface area (Å²) in [6.07, 6.45) is 3.05. The third-order valence-electron chi connectivity index (χ3n) is 5.62. The highest BCUT2D eigenvalue weighted by molar-refractivity contribution is 5.89. The molecule has 5 rings (SSSR count). The van der Waals surface area contributed by atoms with E-state index in [4.69, 9.17) is 4.42 Å². The van der Waals surface area contributed by atoms with Gasteiger partial charge in [0.15, 0.2) is 17.8 Å². The fourth-order valence-electron chi connectivity index (χ4n) is 4.36. The van der Waals surface area contributed by atoms with Gasteiger partial charge in [-0.1, -0.05) is 24.3 Å². The number of aromatic nitrogens is 4. The van der Waals surface area contributed by atoms with E-state index in [1.54, 1.807) is 6.33 Å². The van der Waals surface area contributed by atoms with Gasteiger partial charge in [0, 0.05) is 5.56 Å². The molecule has 0 N–H and O–H groups in total. The molecule has 5 aromatic rings. The number of rotatable bonds is 3. The fourth-order valence-corrected chi connectivity index (χ4v) is 4.36. The van der Waals surface area contributed by atoms with Crippen LogP contribution >= 0.6 is 0 Å². The van der Waals surface area contributed by atoms with Gasteiger partial charge >= 0.3 is 0 Å². The molecule has 5 nitrogen and oxygen atoms in total. The first-order valence-corrected chi connectivity index (χ1v) is 9.95. The first-order chi connectivity index (χ1) is 14.5. The molecule has 0 aliphatic rings. The number of fused-ring (bicyclic) bond motifs is 1. The van der Waals surface area contributed by atoms with Gasteiger partial charge in [0.25, 0.3) is 0 Å². The van der Waals surface area contributed by atoms with Crippen molar-refractivity contribution in [3.05, 3.63) is 83.5 Å². The van der Waals surface area contributed by atoms with Crippen LogP contribution in [0, 0.1) is 27.7 Å². The van der Waals surface area contributed by atoms with Crippen LogP contribution in [0.5, 0.6) is 0 Å². The second-order valence-corrected chi connectivity index (χ2v) is 7.73. The molecule has 2 aromatic heterocycles. The molecule has 0 aliphatic carbocycles. The smallest absolute Gasteiger partial charge is 0.182 e. The van der Waals surface area contributed by atoms with Crippen molar-refractivity contribution >= 4 is 11.1 Å². The molecule has 0 atom stereocenters. The SMILES string of the molecule is Cc1cccc(C)c1-c1cc(C)c(-n2ncnc2-c2cccc3ocnc23)c(C)c1. The number of benzene rings is 3. The van der Waals surface area contributed by atoms with Crippen LogP contribution in [0.4, 0.5) is 0 Å². The van der Waals surface area contributed by atoms with Crippen LogP contribution in [0.3, 0.4) is 0 Å². The summed E-state index contributed by atoms with van der Waals surface area (Å²) in [5, 5.41) is 4.56. The van der Waals surface area contributed by atoms with Crippen molar-refractivity contribution < 1.29 is 4.42 Å². The lowest BCUT2D eigenvalue weighted by atomic mass is 9.92. The van der Waals surface area contributed by atoms with Crippen LogP contribution < -0.4 is 0 Å². The van der Waals surface area contributed by atoms with E-state index >= 15 is 0 Å². The third-order valence-corrected chi connectivity index (χ3v) is 5.62. The maximum Gasteiger partial charge on any atom is 0.182 e. The van der Waals surface area contributed by atoms with Gasteiger partial charge in [0.2, 0.25) is 0 Å². The summed E-state index contributed by atoms with van der Waals surface area (Å²) in [6, 6.07) is 16.8. The molecular formula is C25H22N4O. The fraction of sp³-hybridized carbons (Fsp3) is 0.160. The topological polar surface area (TPSA) is 56.7 Å². The van der Waals surface area contributed by atoms with Crippen molar-refractivity contribution in [1.82, 2.24) is 19.7 Å². The zero-order valence-corrected chi connectivity index (χ0v) is 17.5. The Morgan fingerprint density at radius 3 is 2.23 bits per heavy atom. The maximum atomic E-state index is 5.47. The van der Waals surface area contributed by atoms with Crippen LogP contribution in [0.15, 0.2) is 65.7 Å². The maximum absolute atomic E-state index is 5.47. The van der Waals surface area contributed by atoms with Gasteiger partial charge in [-0.25, -0.2) is 14.6 Å². The molecule has 2 heterocycles. The van der Waals surface area contributed by atoms with Crippen molar-refractivity contribution in [1.29, 1.82) is 0 Å². The summed E-state index contributed by atoms with van der Waals surface area (Å²) < 4.78 is 7.37. The van der Waals surface area contributed by atoms with E-state index in [0.717, 1.165) is 39.3 Å². The average Bonchev–Trinajstić information content (AvgIpc) is 3.36. The summed E-state index contributed by atoms with van der Waals surface area (Å²) in [4.78, 5) is 8.93. The van der Waals surface area contributed by atoms with E-state index in [-0.39, 0.29) is 0 Å². The molecule has 0 radical (unpaired) electrons. The highest BCUT2D eigenvalue weighted by Crippen LogP contribution is 2.34. The van der Waals surface area contributed by atoms with Gasteiger partial charge in [-0.05, 0) is 85.3 Å². The number of para-hydroxylation sites is 1. The van der Waals surface area contributed by atoms with Crippen LogP contribution in [0.1, 0.15) is 22.3 Å². The van der Waals surface area contributed by atoms with Gasteiger partial charge in [-0.2, -0.15) is 5.10 Å². The average molecular weight is 394 g/mol. The van der Waals surface area contributed by atoms with E-state index in [9.17, 15) is 0 Å². The molecule has 30 heavy (non-hydrogen) atoms. The molecule has 0 spiro atoms. The lowest BCUT2D eigenvalue weighted by Crippen LogP contribution is -2.05. The summed E-state index contributed by atoms with van der Waals surface area (Å²) in [5.74, 6) is 0.750. The minimum absolute atomic E-state index is 0.737. The third kappa shape index (κ3) is 2.82. The van der Waals surface area contributed by atoms with Crippen LogP contribution in [0.25, 0.3) is 39.3 Å². The molecule has 0 amide bonds. The number of nitrogens with zero attached hydrogens (tertiary/aromatic N) is 4. The minimum Gasteiger partial charge on any atom is -0.443 e. The summed E-state index contributed by atoms with van der Waals surface area (Å²) in [7, 11) is 0. The van der Waals surface area contributed by atoms with Gasteiger partial charge in [0.05, 0.1) is 5.69 Å². The predicted octanol–water partition coefficient (Wildman–Crippen LogP) is 5.98. The largest absolute Gasteiger partial charge is 0.443 e. The van der Waals surface area contributed by atoms with Gasteiger partial charge < -0.3 is 4.42 Å². The zero-order chi connectivity index (χ0) is 20.8. The molecule has 0 fully saturated rings. The monoisotopic (exact) mass is 394 g/mol. The molecule has 3 aromatic carbocycles. The van der Waals surface area contributed by atoms with Crippen molar-refractivity contribution in [2.45, 2.75) is 27.7 Å². The second kappa shape index (κ2) is 6.95. The van der Waals surface area contributed by atoms with Gasteiger partial charge in [-0.15, -0.1) is 0 Å². The number of oxazole rings is 1. The molecular weight excluding hydrogens is 372 g/mol. The Hall–Kier alpha value is -3.73. The first-order valence-electron chi connectivity index (χ1n) is 9.95.